The molecule has 104 valence electrons. The zero-order chi connectivity index (χ0) is 14.4. The summed E-state index contributed by atoms with van der Waals surface area (Å²) >= 11 is 1.71. The van der Waals surface area contributed by atoms with Crippen molar-refractivity contribution in [1.29, 1.82) is 0 Å². The molecule has 0 aliphatic heterocycles. The van der Waals surface area contributed by atoms with Crippen LogP contribution in [-0.2, 0) is 10.5 Å². The fraction of sp³-hybridized carbons (Fsp3) is 0.429. The first-order valence-electron chi connectivity index (χ1n) is 6.09. The Bertz CT molecular complexity index is 445. The Morgan fingerprint density at radius 2 is 1.89 bits per heavy atom. The van der Waals surface area contributed by atoms with Gasteiger partial charge < -0.3 is 10.0 Å². The smallest absolute Gasteiger partial charge is 0.326 e. The number of amides is 1. The Morgan fingerprint density at radius 3 is 2.32 bits per heavy atom. The number of benzene rings is 1. The third-order valence-corrected chi connectivity index (χ3v) is 3.59. The van der Waals surface area contributed by atoms with E-state index in [1.807, 2.05) is 18.4 Å². The van der Waals surface area contributed by atoms with Gasteiger partial charge in [0.2, 0.25) is 0 Å². The lowest BCUT2D eigenvalue weighted by atomic mass is 10.1. The lowest BCUT2D eigenvalue weighted by molar-refractivity contribution is -0.142. The zero-order valence-electron chi connectivity index (χ0n) is 11.4. The van der Waals surface area contributed by atoms with E-state index in [1.54, 1.807) is 30.8 Å². The molecule has 1 aromatic carbocycles. The second-order valence-electron chi connectivity index (χ2n) is 4.31. The molecular formula is C14H19NO3S. The number of aliphatic carboxylic acids is 1. The number of carbonyl (C=O) groups is 2. The quantitative estimate of drug-likeness (QED) is 0.870. The highest BCUT2D eigenvalue weighted by atomic mass is 32.2. The second-order valence-corrected chi connectivity index (χ2v) is 5.17. The fourth-order valence-corrected chi connectivity index (χ4v) is 2.40. The molecule has 0 saturated heterocycles. The molecule has 1 rings (SSSR count). The minimum absolute atomic E-state index is 0.259. The van der Waals surface area contributed by atoms with E-state index in [0.29, 0.717) is 12.0 Å². The fourth-order valence-electron chi connectivity index (χ4n) is 1.87. The standard InChI is InChI=1S/C14H19NO3S/c1-4-12(14(17)18)15(2)13(16)11-7-5-10(6-8-11)9-19-3/h5-8,12H,4,9H2,1-3H3,(H,17,18). The van der Waals surface area contributed by atoms with Crippen LogP contribution in [0.4, 0.5) is 0 Å². The van der Waals surface area contributed by atoms with E-state index in [0.717, 1.165) is 11.3 Å². The number of hydrogen-bond acceptors (Lipinski definition) is 3. The van der Waals surface area contributed by atoms with Gasteiger partial charge in [-0.1, -0.05) is 19.1 Å². The minimum atomic E-state index is -0.975. The van der Waals surface area contributed by atoms with Crippen molar-refractivity contribution in [3.63, 3.8) is 0 Å². The summed E-state index contributed by atoms with van der Waals surface area (Å²) < 4.78 is 0. The van der Waals surface area contributed by atoms with Gasteiger partial charge in [-0.2, -0.15) is 11.8 Å². The molecule has 1 N–H and O–H groups in total. The first kappa shape index (κ1) is 15.6. The molecule has 0 spiro atoms. The lowest BCUT2D eigenvalue weighted by Gasteiger charge is -2.23. The molecule has 4 nitrogen and oxygen atoms in total. The summed E-state index contributed by atoms with van der Waals surface area (Å²) in [5.74, 6) is -0.334. The molecule has 0 heterocycles. The molecular weight excluding hydrogens is 262 g/mol. The van der Waals surface area contributed by atoms with Crippen molar-refractivity contribution in [3.05, 3.63) is 35.4 Å². The van der Waals surface area contributed by atoms with Gasteiger partial charge >= 0.3 is 5.97 Å². The van der Waals surface area contributed by atoms with Crippen molar-refractivity contribution in [2.24, 2.45) is 0 Å². The van der Waals surface area contributed by atoms with E-state index in [2.05, 4.69) is 0 Å². The Balaban J connectivity index is 2.84. The van der Waals surface area contributed by atoms with Crippen molar-refractivity contribution in [2.45, 2.75) is 25.1 Å². The van der Waals surface area contributed by atoms with E-state index >= 15 is 0 Å². The molecule has 1 aromatic rings. The van der Waals surface area contributed by atoms with Gasteiger partial charge in [-0.25, -0.2) is 4.79 Å². The summed E-state index contributed by atoms with van der Waals surface area (Å²) in [5.41, 5.74) is 1.67. The SMILES string of the molecule is CCC(C(=O)O)N(C)C(=O)c1ccc(CSC)cc1. The Labute approximate surface area is 117 Å². The monoisotopic (exact) mass is 281 g/mol. The Hall–Kier alpha value is -1.49. The maximum atomic E-state index is 12.2. The van der Waals surface area contributed by atoms with Gasteiger partial charge in [0, 0.05) is 18.4 Å². The highest BCUT2D eigenvalue weighted by Crippen LogP contribution is 2.13. The van der Waals surface area contributed by atoms with Crippen LogP contribution in [0, 0.1) is 0 Å². The predicted molar refractivity (Wildman–Crippen MR) is 77.5 cm³/mol. The summed E-state index contributed by atoms with van der Waals surface area (Å²) in [6.07, 6.45) is 2.41. The molecule has 0 aromatic heterocycles. The summed E-state index contributed by atoms with van der Waals surface area (Å²) in [5, 5.41) is 9.06. The van der Waals surface area contributed by atoms with E-state index in [9.17, 15) is 9.59 Å². The van der Waals surface area contributed by atoms with Crippen LogP contribution >= 0.6 is 11.8 Å². The predicted octanol–water partition coefficient (Wildman–Crippen LogP) is 2.48. The first-order chi connectivity index (χ1) is 9.01. The highest BCUT2D eigenvalue weighted by molar-refractivity contribution is 7.97. The molecule has 0 fully saturated rings. The van der Waals surface area contributed by atoms with Gasteiger partial charge in [0.15, 0.2) is 0 Å². The van der Waals surface area contributed by atoms with Crippen LogP contribution in [0.1, 0.15) is 29.3 Å². The maximum absolute atomic E-state index is 12.2. The Kier molecular flexibility index (Phi) is 5.89. The van der Waals surface area contributed by atoms with Gasteiger partial charge in [0.25, 0.3) is 5.91 Å². The van der Waals surface area contributed by atoms with Gasteiger partial charge in [-0.3, -0.25) is 4.79 Å². The molecule has 1 atom stereocenters. The summed E-state index contributed by atoms with van der Waals surface area (Å²) in [6.45, 7) is 1.75. The van der Waals surface area contributed by atoms with Crippen LogP contribution in [0.2, 0.25) is 0 Å². The Morgan fingerprint density at radius 1 is 1.32 bits per heavy atom. The zero-order valence-corrected chi connectivity index (χ0v) is 12.2. The van der Waals surface area contributed by atoms with Gasteiger partial charge in [0.05, 0.1) is 0 Å². The van der Waals surface area contributed by atoms with Crippen molar-refractivity contribution in [2.75, 3.05) is 13.3 Å². The molecule has 0 aliphatic carbocycles. The number of hydrogen-bond donors (Lipinski definition) is 1. The largest absolute Gasteiger partial charge is 0.480 e. The summed E-state index contributed by atoms with van der Waals surface area (Å²) in [7, 11) is 1.53. The van der Waals surface area contributed by atoms with Crippen molar-refractivity contribution in [3.8, 4) is 0 Å². The molecule has 0 radical (unpaired) electrons. The molecule has 1 unspecified atom stereocenters. The molecule has 19 heavy (non-hydrogen) atoms. The number of carbonyl (C=O) groups excluding carboxylic acids is 1. The maximum Gasteiger partial charge on any atom is 0.326 e. The molecule has 5 heteroatoms. The molecule has 1 amide bonds. The number of carboxylic acid groups (broad SMARTS) is 1. The van der Waals surface area contributed by atoms with Crippen LogP contribution in [0.5, 0.6) is 0 Å². The first-order valence-corrected chi connectivity index (χ1v) is 7.48. The van der Waals surface area contributed by atoms with Gasteiger partial charge in [-0.15, -0.1) is 0 Å². The van der Waals surface area contributed by atoms with E-state index in [1.165, 1.54) is 11.9 Å². The number of likely N-dealkylation sites (N-methyl/N-ethyl adjacent to an activating group) is 1. The van der Waals surface area contributed by atoms with E-state index in [-0.39, 0.29) is 5.91 Å². The average molecular weight is 281 g/mol. The number of rotatable bonds is 6. The second kappa shape index (κ2) is 7.19. The number of carboxylic acids is 1. The van der Waals surface area contributed by atoms with Crippen LogP contribution < -0.4 is 0 Å². The third kappa shape index (κ3) is 3.99. The topological polar surface area (TPSA) is 57.6 Å². The van der Waals surface area contributed by atoms with Gasteiger partial charge in [0.1, 0.15) is 6.04 Å². The highest BCUT2D eigenvalue weighted by Gasteiger charge is 2.25. The minimum Gasteiger partial charge on any atom is -0.480 e. The summed E-state index contributed by atoms with van der Waals surface area (Å²) in [6, 6.07) is 6.52. The molecule has 0 saturated carbocycles. The van der Waals surface area contributed by atoms with Crippen molar-refractivity contribution < 1.29 is 14.7 Å². The third-order valence-electron chi connectivity index (χ3n) is 2.97. The van der Waals surface area contributed by atoms with E-state index in [4.69, 9.17) is 5.11 Å². The molecule has 0 aliphatic rings. The average Bonchev–Trinajstić information content (AvgIpc) is 2.39. The summed E-state index contributed by atoms with van der Waals surface area (Å²) in [4.78, 5) is 24.5. The lowest BCUT2D eigenvalue weighted by Crippen LogP contribution is -2.41. The normalized spacial score (nSPS) is 11.9. The molecule has 0 bridgehead atoms. The van der Waals surface area contributed by atoms with Gasteiger partial charge in [-0.05, 0) is 30.4 Å². The van der Waals surface area contributed by atoms with Crippen LogP contribution in [0.3, 0.4) is 0 Å². The van der Waals surface area contributed by atoms with Crippen LogP contribution in [0.25, 0.3) is 0 Å². The van der Waals surface area contributed by atoms with E-state index < -0.39 is 12.0 Å². The van der Waals surface area contributed by atoms with Crippen molar-refractivity contribution in [1.82, 2.24) is 4.90 Å². The number of thioether (sulfide) groups is 1. The van der Waals surface area contributed by atoms with Crippen LogP contribution in [0.15, 0.2) is 24.3 Å². The van der Waals surface area contributed by atoms with Crippen molar-refractivity contribution >= 4 is 23.6 Å². The number of nitrogens with zero attached hydrogens (tertiary/aromatic N) is 1. The van der Waals surface area contributed by atoms with Crippen LogP contribution in [-0.4, -0.2) is 41.2 Å².